The van der Waals surface area contributed by atoms with Crippen LogP contribution < -0.4 is 14.9 Å². The van der Waals surface area contributed by atoms with E-state index in [-0.39, 0.29) is 39.5 Å². The molecule has 2 N–H and O–H groups in total. The summed E-state index contributed by atoms with van der Waals surface area (Å²) in [7, 11) is -4.01. The Balaban J connectivity index is 1.67. The Morgan fingerprint density at radius 2 is 1.76 bits per heavy atom. The standard InChI is InChI=1S/C24H22ClN3O4S2/c1-15(2)26-23(29)18-8-4-6-10-20(18)27-34(31,32)17-11-12-21-22(13-17)33-24(30)28(21)14-16-7-3-5-9-19(16)25/h3-13,15,27H,14H2,1-2H3,(H,26,29). The van der Waals surface area contributed by atoms with Gasteiger partial charge >= 0.3 is 4.87 Å². The highest BCUT2D eigenvalue weighted by Gasteiger charge is 2.20. The Hall–Kier alpha value is -3.14. The van der Waals surface area contributed by atoms with E-state index >= 15 is 0 Å². The number of rotatable bonds is 7. The summed E-state index contributed by atoms with van der Waals surface area (Å²) < 4.78 is 30.9. The molecule has 0 radical (unpaired) electrons. The molecule has 7 nitrogen and oxygen atoms in total. The fourth-order valence-electron chi connectivity index (χ4n) is 3.47. The Kier molecular flexibility index (Phi) is 6.79. The molecule has 1 aromatic heterocycles. The number of para-hydroxylation sites is 1. The van der Waals surface area contributed by atoms with Crippen LogP contribution in [0.2, 0.25) is 5.02 Å². The molecule has 4 rings (SSSR count). The Morgan fingerprint density at radius 1 is 1.06 bits per heavy atom. The van der Waals surface area contributed by atoms with Crippen LogP contribution >= 0.6 is 22.9 Å². The maximum atomic E-state index is 13.1. The number of halogens is 1. The molecule has 1 heterocycles. The van der Waals surface area contributed by atoms with Gasteiger partial charge < -0.3 is 5.32 Å². The zero-order valence-electron chi connectivity index (χ0n) is 18.4. The van der Waals surface area contributed by atoms with Crippen molar-refractivity contribution < 1.29 is 13.2 Å². The van der Waals surface area contributed by atoms with Crippen molar-refractivity contribution in [1.29, 1.82) is 0 Å². The van der Waals surface area contributed by atoms with Crippen LogP contribution in [0.1, 0.15) is 29.8 Å². The number of carbonyl (C=O) groups is 1. The van der Waals surface area contributed by atoms with Gasteiger partial charge in [-0.3, -0.25) is 18.9 Å². The topological polar surface area (TPSA) is 97.3 Å². The molecule has 0 aliphatic heterocycles. The van der Waals surface area contributed by atoms with Gasteiger partial charge in [0.2, 0.25) is 0 Å². The molecule has 0 saturated heterocycles. The number of sulfonamides is 1. The lowest BCUT2D eigenvalue weighted by Crippen LogP contribution is -2.31. The quantitative estimate of drug-likeness (QED) is 0.372. The highest BCUT2D eigenvalue weighted by atomic mass is 35.5. The fourth-order valence-corrected chi connectivity index (χ4v) is 5.78. The lowest BCUT2D eigenvalue weighted by Gasteiger charge is -2.14. The van der Waals surface area contributed by atoms with Crippen molar-refractivity contribution in [2.24, 2.45) is 0 Å². The van der Waals surface area contributed by atoms with Crippen LogP contribution in [0, 0.1) is 0 Å². The van der Waals surface area contributed by atoms with E-state index in [4.69, 9.17) is 11.6 Å². The number of benzene rings is 3. The first-order chi connectivity index (χ1) is 16.2. The number of anilines is 1. The maximum absolute atomic E-state index is 13.1. The number of thiazole rings is 1. The van der Waals surface area contributed by atoms with Crippen LogP contribution in [0.3, 0.4) is 0 Å². The van der Waals surface area contributed by atoms with Crippen molar-refractivity contribution >= 4 is 54.8 Å². The lowest BCUT2D eigenvalue weighted by atomic mass is 10.1. The monoisotopic (exact) mass is 515 g/mol. The van der Waals surface area contributed by atoms with Crippen molar-refractivity contribution in [1.82, 2.24) is 9.88 Å². The number of hydrogen-bond donors (Lipinski definition) is 2. The van der Waals surface area contributed by atoms with Crippen LogP contribution in [0.25, 0.3) is 10.2 Å². The molecule has 0 fully saturated rings. The Labute approximate surface area is 206 Å². The van der Waals surface area contributed by atoms with Gasteiger partial charge in [0, 0.05) is 11.1 Å². The average Bonchev–Trinajstić information content (AvgIpc) is 3.09. The van der Waals surface area contributed by atoms with Gasteiger partial charge in [-0.25, -0.2) is 8.42 Å². The Bertz CT molecular complexity index is 1540. The number of aromatic nitrogens is 1. The first-order valence-electron chi connectivity index (χ1n) is 10.5. The molecular formula is C24H22ClN3O4S2. The zero-order chi connectivity index (χ0) is 24.5. The molecule has 0 spiro atoms. The van der Waals surface area contributed by atoms with Gasteiger partial charge in [-0.15, -0.1) is 0 Å². The second kappa shape index (κ2) is 9.61. The van der Waals surface area contributed by atoms with Gasteiger partial charge in [0.15, 0.2) is 0 Å². The number of amides is 1. The molecule has 0 unspecified atom stereocenters. The summed E-state index contributed by atoms with van der Waals surface area (Å²) in [5.74, 6) is -0.376. The number of nitrogens with one attached hydrogen (secondary N) is 2. The SMILES string of the molecule is CC(C)NC(=O)c1ccccc1NS(=O)(=O)c1ccc2c(c1)sc(=O)n2Cc1ccccc1Cl. The van der Waals surface area contributed by atoms with Crippen molar-refractivity contribution in [2.75, 3.05) is 4.72 Å². The molecule has 0 saturated carbocycles. The summed E-state index contributed by atoms with van der Waals surface area (Å²) in [6, 6.07) is 18.1. The minimum atomic E-state index is -4.01. The number of hydrogen-bond acceptors (Lipinski definition) is 5. The third kappa shape index (κ3) is 5.01. The van der Waals surface area contributed by atoms with Gasteiger partial charge in [-0.2, -0.15) is 0 Å². The number of carbonyl (C=O) groups excluding carboxylic acids is 1. The van der Waals surface area contributed by atoms with E-state index in [1.807, 2.05) is 32.0 Å². The fraction of sp³-hybridized carbons (Fsp3) is 0.167. The first-order valence-corrected chi connectivity index (χ1v) is 13.1. The number of nitrogens with zero attached hydrogens (tertiary/aromatic N) is 1. The molecule has 176 valence electrons. The zero-order valence-corrected chi connectivity index (χ0v) is 20.8. The van der Waals surface area contributed by atoms with Gasteiger partial charge in [0.1, 0.15) is 0 Å². The van der Waals surface area contributed by atoms with E-state index in [0.717, 1.165) is 16.9 Å². The highest BCUT2D eigenvalue weighted by Crippen LogP contribution is 2.26. The van der Waals surface area contributed by atoms with Crippen molar-refractivity contribution in [3.05, 3.63) is 92.5 Å². The van der Waals surface area contributed by atoms with Crippen molar-refractivity contribution in [3.8, 4) is 0 Å². The minimum absolute atomic E-state index is 0.00906. The van der Waals surface area contributed by atoms with Crippen LogP contribution in [0.5, 0.6) is 0 Å². The highest BCUT2D eigenvalue weighted by molar-refractivity contribution is 7.92. The number of fused-ring (bicyclic) bond motifs is 1. The first kappa shape index (κ1) is 24.0. The molecule has 34 heavy (non-hydrogen) atoms. The average molecular weight is 516 g/mol. The molecule has 3 aromatic carbocycles. The van der Waals surface area contributed by atoms with Crippen LogP contribution in [0.4, 0.5) is 5.69 Å². The van der Waals surface area contributed by atoms with Crippen LogP contribution in [0.15, 0.2) is 76.4 Å². The summed E-state index contributed by atoms with van der Waals surface area (Å²) in [6.45, 7) is 3.92. The normalized spacial score (nSPS) is 11.6. The summed E-state index contributed by atoms with van der Waals surface area (Å²) in [4.78, 5) is 24.9. The van der Waals surface area contributed by atoms with Crippen LogP contribution in [-0.4, -0.2) is 24.9 Å². The van der Waals surface area contributed by atoms with Gasteiger partial charge in [0.25, 0.3) is 15.9 Å². The van der Waals surface area contributed by atoms with Gasteiger partial charge in [0.05, 0.1) is 32.9 Å². The van der Waals surface area contributed by atoms with E-state index in [0.29, 0.717) is 15.2 Å². The molecule has 0 aliphatic carbocycles. The summed E-state index contributed by atoms with van der Waals surface area (Å²) in [5.41, 5.74) is 1.80. The van der Waals surface area contributed by atoms with E-state index in [9.17, 15) is 18.0 Å². The third-order valence-electron chi connectivity index (χ3n) is 5.07. The molecule has 0 bridgehead atoms. The molecule has 0 atom stereocenters. The van der Waals surface area contributed by atoms with Gasteiger partial charge in [-0.05, 0) is 55.8 Å². The van der Waals surface area contributed by atoms with Crippen molar-refractivity contribution in [2.45, 2.75) is 31.3 Å². The minimum Gasteiger partial charge on any atom is -0.350 e. The third-order valence-corrected chi connectivity index (χ3v) is 7.75. The molecule has 1 amide bonds. The van der Waals surface area contributed by atoms with E-state index in [1.165, 1.54) is 18.2 Å². The summed E-state index contributed by atoms with van der Waals surface area (Å²) >= 11 is 7.20. The van der Waals surface area contributed by atoms with E-state index in [1.54, 1.807) is 34.9 Å². The maximum Gasteiger partial charge on any atom is 0.308 e. The summed E-state index contributed by atoms with van der Waals surface area (Å²) in [5, 5.41) is 3.32. The molecule has 4 aromatic rings. The molecule has 10 heteroatoms. The largest absolute Gasteiger partial charge is 0.350 e. The molecule has 0 aliphatic rings. The Morgan fingerprint density at radius 3 is 2.50 bits per heavy atom. The second-order valence-corrected chi connectivity index (χ2v) is 11.0. The predicted octanol–water partition coefficient (Wildman–Crippen LogP) is 4.70. The van der Waals surface area contributed by atoms with Crippen LogP contribution in [-0.2, 0) is 16.6 Å². The second-order valence-electron chi connectivity index (χ2n) is 7.95. The lowest BCUT2D eigenvalue weighted by molar-refractivity contribution is 0.0944. The van der Waals surface area contributed by atoms with Crippen molar-refractivity contribution in [3.63, 3.8) is 0 Å². The molecular weight excluding hydrogens is 494 g/mol. The smallest absolute Gasteiger partial charge is 0.308 e. The van der Waals surface area contributed by atoms with Gasteiger partial charge in [-0.1, -0.05) is 53.3 Å². The van der Waals surface area contributed by atoms with E-state index in [2.05, 4.69) is 10.0 Å². The predicted molar refractivity (Wildman–Crippen MR) is 136 cm³/mol. The van der Waals surface area contributed by atoms with E-state index < -0.39 is 10.0 Å². The summed E-state index contributed by atoms with van der Waals surface area (Å²) in [6.07, 6.45) is 0.